The minimum Gasteiger partial charge on any atom is -0.474 e. The zero-order chi connectivity index (χ0) is 5.15. The van der Waals surface area contributed by atoms with Crippen LogP contribution in [0.4, 0.5) is 0 Å². The van der Waals surface area contributed by atoms with E-state index in [1.54, 1.807) is 0 Å². The van der Waals surface area contributed by atoms with Crippen molar-refractivity contribution in [2.75, 3.05) is 0 Å². The van der Waals surface area contributed by atoms with E-state index in [9.17, 15) is 9.59 Å². The summed E-state index contributed by atoms with van der Waals surface area (Å²) in [7, 11) is 0. The lowest BCUT2D eigenvalue weighted by molar-refractivity contribution is -0.148. The van der Waals surface area contributed by atoms with E-state index in [4.69, 9.17) is 5.11 Å². The van der Waals surface area contributed by atoms with Gasteiger partial charge in [-0.3, -0.25) is 4.79 Å². The summed E-state index contributed by atoms with van der Waals surface area (Å²) < 4.78 is 0. The monoisotopic (exact) mass is 197 g/mol. The van der Waals surface area contributed by atoms with Crippen LogP contribution in [-0.4, -0.2) is 17.0 Å². The van der Waals surface area contributed by atoms with Crippen molar-refractivity contribution in [1.29, 1.82) is 0 Å². The van der Waals surface area contributed by atoms with Crippen LogP contribution in [0.25, 0.3) is 0 Å². The average Bonchev–Trinajstić information content (AvgIpc) is 1.36. The van der Waals surface area contributed by atoms with E-state index in [-0.39, 0.29) is 37.2 Å². The molecule has 0 aromatic heterocycles. The summed E-state index contributed by atoms with van der Waals surface area (Å²) in [5.74, 6) is -2.93. The first-order valence-corrected chi connectivity index (χ1v) is 1.17. The molecule has 0 saturated heterocycles. The predicted octanol–water partition coefficient (Wildman–Crippen LogP) is -0.178. The maximum Gasteiger partial charge on any atom is 0.394 e. The van der Waals surface area contributed by atoms with Crippen LogP contribution >= 0.6 is 37.2 Å². The Labute approximate surface area is 70.0 Å². The van der Waals surface area contributed by atoms with Gasteiger partial charge in [0.2, 0.25) is 0 Å². The topological polar surface area (TPSA) is 80.4 Å². The molecule has 0 saturated carbocycles. The van der Waals surface area contributed by atoms with Gasteiger partial charge < -0.3 is 10.8 Å². The molecule has 0 atom stereocenters. The number of carbonyl (C=O) groups excluding carboxylic acids is 1. The second-order valence-corrected chi connectivity index (χ2v) is 0.669. The Morgan fingerprint density at radius 3 is 1.22 bits per heavy atom. The third-order valence-corrected chi connectivity index (χ3v) is 0.211. The molecule has 0 aliphatic heterocycles. The number of halogens is 3. The lowest BCUT2D eigenvalue weighted by atomic mass is 10.7. The smallest absolute Gasteiger partial charge is 0.394 e. The molecule has 0 aliphatic carbocycles. The molecule has 1 amide bonds. The Morgan fingerprint density at radius 1 is 1.11 bits per heavy atom. The molecular weight excluding hydrogens is 192 g/mol. The van der Waals surface area contributed by atoms with Gasteiger partial charge >= 0.3 is 11.9 Å². The summed E-state index contributed by atoms with van der Waals surface area (Å²) in [6.45, 7) is 0. The van der Waals surface area contributed by atoms with Crippen molar-refractivity contribution in [2.24, 2.45) is 5.73 Å². The second kappa shape index (κ2) is 10.7. The first-order valence-electron chi connectivity index (χ1n) is 1.17. The zero-order valence-corrected chi connectivity index (χ0v) is 6.52. The number of carboxylic acid groups (broad SMARTS) is 1. The number of hydrogen-bond donors (Lipinski definition) is 2. The molecule has 0 fully saturated rings. The normalized spacial score (nSPS) is 4.89. The molecule has 0 spiro atoms. The Bertz CT molecular complexity index is 83.1. The summed E-state index contributed by atoms with van der Waals surface area (Å²) in [6, 6.07) is 0. The van der Waals surface area contributed by atoms with Crippen molar-refractivity contribution < 1.29 is 14.7 Å². The Kier molecular flexibility index (Phi) is 27.7. The van der Waals surface area contributed by atoms with E-state index in [0.717, 1.165) is 0 Å². The van der Waals surface area contributed by atoms with Crippen LogP contribution in [0.15, 0.2) is 0 Å². The molecule has 0 rings (SSSR count). The predicted molar refractivity (Wildman–Crippen MR) is 38.6 cm³/mol. The van der Waals surface area contributed by atoms with Gasteiger partial charge in [0.25, 0.3) is 0 Å². The van der Waals surface area contributed by atoms with E-state index in [2.05, 4.69) is 5.73 Å². The van der Waals surface area contributed by atoms with Crippen LogP contribution in [0, 0.1) is 0 Å². The van der Waals surface area contributed by atoms with Crippen LogP contribution in [0.1, 0.15) is 0 Å². The summed E-state index contributed by atoms with van der Waals surface area (Å²) in [4.78, 5) is 18.5. The fourth-order valence-corrected chi connectivity index (χ4v) is 0. The lowest BCUT2D eigenvalue weighted by Crippen LogP contribution is -2.21. The molecule has 0 unspecified atom stereocenters. The minimum atomic E-state index is -1.60. The van der Waals surface area contributed by atoms with Crippen LogP contribution in [-0.2, 0) is 9.59 Å². The highest BCUT2D eigenvalue weighted by atomic mass is 35.5. The maximum atomic E-state index is 9.32. The summed E-state index contributed by atoms with van der Waals surface area (Å²) in [6.07, 6.45) is 0. The SMILES string of the molecule is Cl.Cl.Cl.NC(=O)C(=O)O. The molecule has 0 heterocycles. The van der Waals surface area contributed by atoms with Crippen molar-refractivity contribution in [3.63, 3.8) is 0 Å². The summed E-state index contributed by atoms with van der Waals surface area (Å²) in [5.41, 5.74) is 4.20. The van der Waals surface area contributed by atoms with Crippen molar-refractivity contribution in [3.8, 4) is 0 Å². The van der Waals surface area contributed by atoms with Gasteiger partial charge in [0.1, 0.15) is 0 Å². The first-order chi connectivity index (χ1) is 2.64. The number of rotatable bonds is 0. The van der Waals surface area contributed by atoms with Gasteiger partial charge in [0, 0.05) is 0 Å². The molecule has 7 heteroatoms. The van der Waals surface area contributed by atoms with E-state index in [1.165, 1.54) is 0 Å². The quantitative estimate of drug-likeness (QED) is 0.530. The number of primary amides is 1. The maximum absolute atomic E-state index is 9.32. The molecule has 4 nitrogen and oxygen atoms in total. The largest absolute Gasteiger partial charge is 0.474 e. The van der Waals surface area contributed by atoms with Gasteiger partial charge in [-0.15, -0.1) is 37.2 Å². The van der Waals surface area contributed by atoms with Crippen LogP contribution < -0.4 is 5.73 Å². The number of aliphatic carboxylic acids is 1. The van der Waals surface area contributed by atoms with Gasteiger partial charge in [0.05, 0.1) is 0 Å². The third-order valence-electron chi connectivity index (χ3n) is 0.211. The average molecular weight is 198 g/mol. The number of hydrogen-bond acceptors (Lipinski definition) is 2. The van der Waals surface area contributed by atoms with Crippen LogP contribution in [0.2, 0.25) is 0 Å². The molecule has 0 aromatic rings. The van der Waals surface area contributed by atoms with Crippen molar-refractivity contribution >= 4 is 49.1 Å². The summed E-state index contributed by atoms with van der Waals surface area (Å²) >= 11 is 0. The van der Waals surface area contributed by atoms with E-state index in [0.29, 0.717) is 0 Å². The zero-order valence-electron chi connectivity index (χ0n) is 4.07. The fourth-order valence-electron chi connectivity index (χ4n) is 0. The molecular formula is C2H6Cl3NO3. The van der Waals surface area contributed by atoms with Crippen molar-refractivity contribution in [1.82, 2.24) is 0 Å². The van der Waals surface area contributed by atoms with Gasteiger partial charge in [-0.25, -0.2) is 4.79 Å². The van der Waals surface area contributed by atoms with Gasteiger partial charge in [-0.05, 0) is 0 Å². The number of amides is 1. The van der Waals surface area contributed by atoms with E-state index < -0.39 is 11.9 Å². The Balaban J connectivity index is -0.0000000417. The third kappa shape index (κ3) is 18.2. The van der Waals surface area contributed by atoms with Gasteiger partial charge in [0.15, 0.2) is 0 Å². The van der Waals surface area contributed by atoms with Crippen molar-refractivity contribution in [3.05, 3.63) is 0 Å². The van der Waals surface area contributed by atoms with Gasteiger partial charge in [-0.1, -0.05) is 0 Å². The van der Waals surface area contributed by atoms with Crippen molar-refractivity contribution in [2.45, 2.75) is 0 Å². The molecule has 0 aromatic carbocycles. The Morgan fingerprint density at radius 2 is 1.22 bits per heavy atom. The molecule has 9 heavy (non-hydrogen) atoms. The number of carboxylic acids is 1. The Hall–Kier alpha value is -0.190. The van der Waals surface area contributed by atoms with Crippen LogP contribution in [0.5, 0.6) is 0 Å². The highest BCUT2D eigenvalue weighted by molar-refractivity contribution is 6.30. The molecule has 0 bridgehead atoms. The lowest BCUT2D eigenvalue weighted by Gasteiger charge is -1.74. The molecule has 3 N–H and O–H groups in total. The van der Waals surface area contributed by atoms with Gasteiger partial charge in [-0.2, -0.15) is 0 Å². The molecule has 0 radical (unpaired) electrons. The highest BCUT2D eigenvalue weighted by Gasteiger charge is 2.00. The molecule has 58 valence electrons. The van der Waals surface area contributed by atoms with E-state index in [1.807, 2.05) is 0 Å². The first kappa shape index (κ1) is 23.2. The number of carbonyl (C=O) groups is 2. The standard InChI is InChI=1S/C2H3NO3.3ClH/c3-1(4)2(5)6;;;/h(H2,3,4)(H,5,6);3*1H. The minimum absolute atomic E-state index is 0. The molecule has 0 aliphatic rings. The second-order valence-electron chi connectivity index (χ2n) is 0.669. The van der Waals surface area contributed by atoms with E-state index >= 15 is 0 Å². The number of nitrogens with two attached hydrogens (primary N) is 1. The summed E-state index contributed by atoms with van der Waals surface area (Å²) in [5, 5.41) is 7.52. The fraction of sp³-hybridized carbons (Fsp3) is 0. The highest BCUT2D eigenvalue weighted by Crippen LogP contribution is 1.51. The van der Waals surface area contributed by atoms with Crippen LogP contribution in [0.3, 0.4) is 0 Å².